The predicted molar refractivity (Wildman–Crippen MR) is 141 cm³/mol. The van der Waals surface area contributed by atoms with Gasteiger partial charge in [-0.2, -0.15) is 0 Å². The largest absolute Gasteiger partial charge is 0.494 e. The summed E-state index contributed by atoms with van der Waals surface area (Å²) in [5, 5.41) is 24.5. The molecule has 0 aromatic heterocycles. The number of nitrogens with two attached hydrogens (primary N) is 1. The molecule has 1 heterocycles. The van der Waals surface area contributed by atoms with Crippen LogP contribution in [0, 0.1) is 5.92 Å². The minimum absolute atomic E-state index is 0.0272. The van der Waals surface area contributed by atoms with Gasteiger partial charge in [0.1, 0.15) is 11.1 Å². The first kappa shape index (κ1) is 29.5. The molecule has 12 heteroatoms. The van der Waals surface area contributed by atoms with Gasteiger partial charge in [0.05, 0.1) is 23.6 Å². The van der Waals surface area contributed by atoms with E-state index in [9.17, 15) is 23.4 Å². The molecular weight excluding hydrogens is 514 g/mol. The van der Waals surface area contributed by atoms with E-state index < -0.39 is 33.5 Å². The van der Waals surface area contributed by atoms with E-state index in [0.29, 0.717) is 30.4 Å². The maximum absolute atomic E-state index is 13.4. The number of fused-ring (bicyclic) bond motifs is 1. The third-order valence-electron chi connectivity index (χ3n) is 6.16. The van der Waals surface area contributed by atoms with Gasteiger partial charge in [-0.1, -0.05) is 26.0 Å². The average Bonchev–Trinajstić information content (AvgIpc) is 3.35. The number of nitrogens with one attached hydrogen (secondary N) is 2. The van der Waals surface area contributed by atoms with Gasteiger partial charge in [0, 0.05) is 12.6 Å². The second kappa shape index (κ2) is 13.7. The maximum Gasteiger partial charge on any atom is 0.404 e. The normalized spacial score (nSPS) is 15.2. The number of benzene rings is 2. The third kappa shape index (κ3) is 7.97. The summed E-state index contributed by atoms with van der Waals surface area (Å²) in [6.45, 7) is 4.54. The molecule has 1 unspecified atom stereocenters. The van der Waals surface area contributed by atoms with E-state index in [-0.39, 0.29) is 30.6 Å². The molecule has 1 aliphatic rings. The molecule has 11 nitrogen and oxygen atoms in total. The summed E-state index contributed by atoms with van der Waals surface area (Å²) in [4.78, 5) is 11.5. The zero-order chi connectivity index (χ0) is 27.7. The van der Waals surface area contributed by atoms with Crippen molar-refractivity contribution in [3.63, 3.8) is 0 Å². The van der Waals surface area contributed by atoms with E-state index in [1.165, 1.54) is 12.1 Å². The van der Waals surface area contributed by atoms with Crippen molar-refractivity contribution in [1.82, 2.24) is 10.6 Å². The fraction of sp³-hybridized carbons (Fsp3) is 0.500. The van der Waals surface area contributed by atoms with Crippen LogP contribution in [0.15, 0.2) is 47.4 Å². The fourth-order valence-electron chi connectivity index (χ4n) is 4.14. The zero-order valence-electron chi connectivity index (χ0n) is 21.6. The van der Waals surface area contributed by atoms with Crippen LogP contribution in [-0.4, -0.2) is 68.7 Å². The van der Waals surface area contributed by atoms with Gasteiger partial charge in [0.15, 0.2) is 21.3 Å². The summed E-state index contributed by atoms with van der Waals surface area (Å²) < 4.78 is 43.0. The number of aliphatic hydroxyl groups excluding tert-OH is 1. The van der Waals surface area contributed by atoms with E-state index in [1.807, 2.05) is 0 Å². The number of hydrogen-bond donors (Lipinski definition) is 5. The lowest BCUT2D eigenvalue weighted by atomic mass is 10.0. The molecule has 3 atom stereocenters. The molecule has 38 heavy (non-hydrogen) atoms. The molecule has 6 N–H and O–H groups in total. The highest BCUT2D eigenvalue weighted by atomic mass is 32.2. The molecule has 2 aromatic rings. The maximum atomic E-state index is 13.4. The van der Waals surface area contributed by atoms with Gasteiger partial charge >= 0.3 is 6.09 Å². The molecule has 0 spiro atoms. The molecule has 0 saturated heterocycles. The number of aliphatic hydroxyl groups is 1. The molecule has 0 aliphatic carbocycles. The molecule has 3 rings (SSSR count). The third-order valence-corrected chi connectivity index (χ3v) is 8.45. The van der Waals surface area contributed by atoms with Crippen molar-refractivity contribution in [1.29, 1.82) is 0 Å². The molecule has 0 fully saturated rings. The molecule has 0 bridgehead atoms. The van der Waals surface area contributed by atoms with Gasteiger partial charge < -0.3 is 35.5 Å². The van der Waals surface area contributed by atoms with Gasteiger partial charge in [-0.3, -0.25) is 5.32 Å². The van der Waals surface area contributed by atoms with Crippen molar-refractivity contribution >= 4 is 15.9 Å². The first-order valence-electron chi connectivity index (χ1n) is 12.6. The monoisotopic (exact) mass is 551 g/mol. The second-order valence-corrected chi connectivity index (χ2v) is 11.5. The molecule has 210 valence electrons. The second-order valence-electron chi connectivity index (χ2n) is 9.45. The van der Waals surface area contributed by atoms with E-state index in [0.717, 1.165) is 18.4 Å². The summed E-state index contributed by atoms with van der Waals surface area (Å²) in [6, 6.07) is 10.7. The number of sulfone groups is 1. The summed E-state index contributed by atoms with van der Waals surface area (Å²) >= 11 is 0. The minimum Gasteiger partial charge on any atom is -0.494 e. The number of rotatable bonds is 15. The average molecular weight is 552 g/mol. The van der Waals surface area contributed by atoms with E-state index >= 15 is 0 Å². The molecule has 1 aliphatic heterocycles. The van der Waals surface area contributed by atoms with Gasteiger partial charge in [0.25, 0.3) is 0 Å². The van der Waals surface area contributed by atoms with Gasteiger partial charge in [-0.05, 0) is 61.6 Å². The lowest BCUT2D eigenvalue weighted by Crippen LogP contribution is -2.51. The number of ether oxygens (including phenoxy) is 3. The number of amides is 1. The highest BCUT2D eigenvalue weighted by Gasteiger charge is 2.33. The summed E-state index contributed by atoms with van der Waals surface area (Å²) in [7, 11) is -3.86. The lowest BCUT2D eigenvalue weighted by Gasteiger charge is -2.28. The summed E-state index contributed by atoms with van der Waals surface area (Å²) in [6.07, 6.45) is -0.565. The van der Waals surface area contributed by atoms with Crippen LogP contribution in [0.2, 0.25) is 0 Å². The van der Waals surface area contributed by atoms with Crippen LogP contribution in [0.5, 0.6) is 17.2 Å². The van der Waals surface area contributed by atoms with Crippen LogP contribution in [0.4, 0.5) is 4.79 Å². The quantitative estimate of drug-likeness (QED) is 0.207. The smallest absolute Gasteiger partial charge is 0.404 e. The number of carbonyl (C=O) groups is 1. The fourth-order valence-corrected chi connectivity index (χ4v) is 5.99. The number of hydrogen-bond acceptors (Lipinski definition) is 9. The molecular formula is C26H37N3O8S. The molecule has 2 aromatic carbocycles. The standard InChI is InChI=1S/C26H37N3O8S/c1-17(2)25(38(33,34)20-9-10-23-24(14-20)37-16-36-23)28-15-22(30)21(29-26(31)32)13-18-5-7-19(8-6-18)35-12-4-3-11-27/h5-10,14,17,21-22,25,28-30H,3-4,11-13,15-16,27H2,1-2H3,(H,31,32)/t21-,22+,25?/m0/s1. The number of unbranched alkanes of at least 4 members (excludes halogenated alkanes) is 1. The Kier molecular flexibility index (Phi) is 10.6. The van der Waals surface area contributed by atoms with Crippen LogP contribution in [-0.2, 0) is 16.3 Å². The first-order chi connectivity index (χ1) is 18.1. The van der Waals surface area contributed by atoms with Crippen molar-refractivity contribution in [3.8, 4) is 17.2 Å². The highest BCUT2D eigenvalue weighted by molar-refractivity contribution is 7.92. The van der Waals surface area contributed by atoms with Gasteiger partial charge in [-0.25, -0.2) is 13.2 Å². The van der Waals surface area contributed by atoms with Crippen molar-refractivity contribution in [2.45, 2.75) is 55.5 Å². The minimum atomic E-state index is -3.86. The summed E-state index contributed by atoms with van der Waals surface area (Å²) in [5.74, 6) is 1.17. The molecule has 1 amide bonds. The predicted octanol–water partition coefficient (Wildman–Crippen LogP) is 2.12. The Hall–Kier alpha value is -3.06. The Balaban J connectivity index is 1.65. The van der Waals surface area contributed by atoms with E-state index in [2.05, 4.69) is 10.6 Å². The highest BCUT2D eigenvalue weighted by Crippen LogP contribution is 2.35. The SMILES string of the molecule is CC(C)C(NC[C@@H](O)[C@H](Cc1ccc(OCCCCN)cc1)NC(=O)O)S(=O)(=O)c1ccc2c(c1)OCO2. The van der Waals surface area contributed by atoms with Crippen LogP contribution >= 0.6 is 0 Å². The van der Waals surface area contributed by atoms with E-state index in [4.69, 9.17) is 19.9 Å². The Labute approximate surface area is 223 Å². The zero-order valence-corrected chi connectivity index (χ0v) is 22.4. The van der Waals surface area contributed by atoms with Gasteiger partial charge in [-0.15, -0.1) is 0 Å². The van der Waals surface area contributed by atoms with Crippen molar-refractivity contribution < 1.29 is 37.6 Å². The first-order valence-corrected chi connectivity index (χ1v) is 14.1. The van der Waals surface area contributed by atoms with Crippen LogP contribution in [0.25, 0.3) is 0 Å². The van der Waals surface area contributed by atoms with E-state index in [1.54, 1.807) is 44.2 Å². The molecule has 0 saturated carbocycles. The Morgan fingerprint density at radius 1 is 1.11 bits per heavy atom. The van der Waals surface area contributed by atoms with Crippen molar-refractivity contribution in [2.75, 3.05) is 26.5 Å². The van der Waals surface area contributed by atoms with Crippen LogP contribution < -0.4 is 30.6 Å². The van der Waals surface area contributed by atoms with Crippen molar-refractivity contribution in [2.24, 2.45) is 11.7 Å². The van der Waals surface area contributed by atoms with Crippen LogP contribution in [0.1, 0.15) is 32.3 Å². The Morgan fingerprint density at radius 3 is 2.47 bits per heavy atom. The van der Waals surface area contributed by atoms with Crippen LogP contribution in [0.3, 0.4) is 0 Å². The Morgan fingerprint density at radius 2 is 1.82 bits per heavy atom. The number of carboxylic acid groups (broad SMARTS) is 1. The topological polar surface area (TPSA) is 169 Å². The summed E-state index contributed by atoms with van der Waals surface area (Å²) in [5.41, 5.74) is 6.27. The Bertz CT molecular complexity index is 1160. The van der Waals surface area contributed by atoms with Gasteiger partial charge in [0.2, 0.25) is 6.79 Å². The lowest BCUT2D eigenvalue weighted by molar-refractivity contribution is 0.116. The molecule has 0 radical (unpaired) electrons. The van der Waals surface area contributed by atoms with Crippen molar-refractivity contribution in [3.05, 3.63) is 48.0 Å².